The summed E-state index contributed by atoms with van der Waals surface area (Å²) in [5.74, 6) is 0.905. The maximum absolute atomic E-state index is 12.1. The highest BCUT2D eigenvalue weighted by Crippen LogP contribution is 2.15. The van der Waals surface area contributed by atoms with Crippen LogP contribution in [0.15, 0.2) is 53.1 Å². The Hall–Kier alpha value is -2.57. The van der Waals surface area contributed by atoms with Crippen molar-refractivity contribution in [3.05, 3.63) is 75.9 Å². The van der Waals surface area contributed by atoms with E-state index in [0.717, 1.165) is 5.75 Å². The van der Waals surface area contributed by atoms with Gasteiger partial charge >= 0.3 is 0 Å². The van der Waals surface area contributed by atoms with E-state index >= 15 is 0 Å². The lowest BCUT2D eigenvalue weighted by molar-refractivity contribution is 0.0947. The maximum atomic E-state index is 12.1. The standard InChI is InChI=1S/C17H13Cl2N3O3/c18-15-6-11(7-16(19)21-15)17(23)20-9-14-8-12(22-25-14)10-24-13-4-2-1-3-5-13/h1-8H,9-10H2,(H,20,23). The molecular weight excluding hydrogens is 365 g/mol. The minimum atomic E-state index is -0.343. The quantitative estimate of drug-likeness (QED) is 0.659. The first-order valence-electron chi connectivity index (χ1n) is 7.34. The molecule has 0 fully saturated rings. The van der Waals surface area contributed by atoms with Crippen molar-refractivity contribution < 1.29 is 14.1 Å². The Balaban J connectivity index is 1.53. The predicted octanol–water partition coefficient (Wildman–Crippen LogP) is 3.89. The summed E-state index contributed by atoms with van der Waals surface area (Å²) >= 11 is 11.6. The third kappa shape index (κ3) is 4.95. The summed E-state index contributed by atoms with van der Waals surface area (Å²) in [5.41, 5.74) is 0.945. The van der Waals surface area contributed by atoms with Crippen molar-refractivity contribution in [2.75, 3.05) is 0 Å². The van der Waals surface area contributed by atoms with E-state index in [2.05, 4.69) is 15.5 Å². The number of rotatable bonds is 6. The van der Waals surface area contributed by atoms with Crippen molar-refractivity contribution >= 4 is 29.1 Å². The number of ether oxygens (including phenoxy) is 1. The molecule has 0 unspecified atom stereocenters. The van der Waals surface area contributed by atoms with Gasteiger partial charge in [-0.25, -0.2) is 4.98 Å². The average molecular weight is 378 g/mol. The summed E-state index contributed by atoms with van der Waals surface area (Å²) in [6.45, 7) is 0.450. The number of amides is 1. The van der Waals surface area contributed by atoms with E-state index in [0.29, 0.717) is 17.0 Å². The second-order valence-electron chi connectivity index (χ2n) is 5.07. The average Bonchev–Trinajstić information content (AvgIpc) is 3.06. The fraction of sp³-hybridized carbons (Fsp3) is 0.118. The first-order valence-corrected chi connectivity index (χ1v) is 8.09. The van der Waals surface area contributed by atoms with Crippen LogP contribution in [0.4, 0.5) is 0 Å². The number of carbonyl (C=O) groups excluding carboxylic acids is 1. The SMILES string of the molecule is O=C(NCc1cc(COc2ccccc2)no1)c1cc(Cl)nc(Cl)c1. The molecule has 0 spiro atoms. The van der Waals surface area contributed by atoms with Gasteiger partial charge in [-0.2, -0.15) is 0 Å². The topological polar surface area (TPSA) is 77.2 Å². The number of aromatic nitrogens is 2. The van der Waals surface area contributed by atoms with E-state index in [1.807, 2.05) is 30.3 Å². The minimum Gasteiger partial charge on any atom is -0.487 e. The van der Waals surface area contributed by atoms with Crippen LogP contribution in [0.1, 0.15) is 21.8 Å². The Kier molecular flexibility index (Phi) is 5.53. The van der Waals surface area contributed by atoms with Crippen LogP contribution in [-0.2, 0) is 13.2 Å². The van der Waals surface area contributed by atoms with E-state index in [9.17, 15) is 4.79 Å². The van der Waals surface area contributed by atoms with Gasteiger partial charge in [-0.3, -0.25) is 4.79 Å². The molecule has 25 heavy (non-hydrogen) atoms. The van der Waals surface area contributed by atoms with Crippen LogP contribution in [0.5, 0.6) is 5.75 Å². The van der Waals surface area contributed by atoms with Crippen LogP contribution in [-0.4, -0.2) is 16.0 Å². The predicted molar refractivity (Wildman–Crippen MR) is 92.7 cm³/mol. The number of halogens is 2. The molecule has 0 atom stereocenters. The molecule has 8 heteroatoms. The van der Waals surface area contributed by atoms with Gasteiger partial charge in [0.15, 0.2) is 5.76 Å². The highest BCUT2D eigenvalue weighted by Gasteiger charge is 2.11. The van der Waals surface area contributed by atoms with Crippen molar-refractivity contribution in [3.63, 3.8) is 0 Å². The van der Waals surface area contributed by atoms with Gasteiger partial charge in [-0.1, -0.05) is 46.6 Å². The maximum Gasteiger partial charge on any atom is 0.251 e. The van der Waals surface area contributed by atoms with E-state index in [1.54, 1.807) is 6.07 Å². The highest BCUT2D eigenvalue weighted by atomic mass is 35.5. The fourth-order valence-corrected chi connectivity index (χ4v) is 2.51. The van der Waals surface area contributed by atoms with Crippen LogP contribution < -0.4 is 10.1 Å². The third-order valence-electron chi connectivity index (χ3n) is 3.19. The molecule has 2 aromatic heterocycles. The molecule has 1 amide bonds. The molecule has 128 valence electrons. The van der Waals surface area contributed by atoms with E-state index in [1.165, 1.54) is 12.1 Å². The monoisotopic (exact) mass is 377 g/mol. The first-order chi connectivity index (χ1) is 12.1. The zero-order chi connectivity index (χ0) is 17.6. The van der Waals surface area contributed by atoms with Crippen LogP contribution in [0.3, 0.4) is 0 Å². The molecule has 1 N–H and O–H groups in total. The second-order valence-corrected chi connectivity index (χ2v) is 5.84. The summed E-state index contributed by atoms with van der Waals surface area (Å²) in [5, 5.41) is 6.91. The van der Waals surface area contributed by atoms with Crippen molar-refractivity contribution in [2.45, 2.75) is 13.2 Å². The molecule has 1 aromatic carbocycles. The van der Waals surface area contributed by atoms with Gasteiger partial charge in [0.2, 0.25) is 0 Å². The van der Waals surface area contributed by atoms with Gasteiger partial charge in [0.1, 0.15) is 28.4 Å². The zero-order valence-corrected chi connectivity index (χ0v) is 14.4. The Labute approximate surface area is 153 Å². The third-order valence-corrected chi connectivity index (χ3v) is 3.57. The van der Waals surface area contributed by atoms with Crippen LogP contribution in [0.25, 0.3) is 0 Å². The van der Waals surface area contributed by atoms with Crippen molar-refractivity contribution in [1.29, 1.82) is 0 Å². The number of hydrogen-bond acceptors (Lipinski definition) is 5. The van der Waals surface area contributed by atoms with Gasteiger partial charge < -0.3 is 14.6 Å². The molecule has 3 rings (SSSR count). The van der Waals surface area contributed by atoms with Crippen LogP contribution in [0, 0.1) is 0 Å². The molecule has 3 aromatic rings. The summed E-state index contributed by atoms with van der Waals surface area (Å²) in [6, 6.07) is 14.0. The molecule has 0 bridgehead atoms. The summed E-state index contributed by atoms with van der Waals surface area (Å²) in [6.07, 6.45) is 0. The van der Waals surface area contributed by atoms with E-state index in [4.69, 9.17) is 32.5 Å². The molecular formula is C17H13Cl2N3O3. The first kappa shape index (κ1) is 17.3. The Morgan fingerprint density at radius 3 is 2.56 bits per heavy atom. The number of nitrogens with zero attached hydrogens (tertiary/aromatic N) is 2. The Morgan fingerprint density at radius 2 is 1.84 bits per heavy atom. The number of hydrogen-bond donors (Lipinski definition) is 1. The van der Waals surface area contributed by atoms with Gasteiger partial charge in [0.25, 0.3) is 5.91 Å². The number of pyridine rings is 1. The zero-order valence-electron chi connectivity index (χ0n) is 12.9. The van der Waals surface area contributed by atoms with Crippen molar-refractivity contribution in [1.82, 2.24) is 15.5 Å². The van der Waals surface area contributed by atoms with Gasteiger partial charge in [-0.15, -0.1) is 0 Å². The molecule has 0 saturated carbocycles. The van der Waals surface area contributed by atoms with Crippen molar-refractivity contribution in [2.24, 2.45) is 0 Å². The molecule has 0 aliphatic carbocycles. The molecule has 0 aliphatic rings. The number of carbonyl (C=O) groups is 1. The van der Waals surface area contributed by atoms with E-state index < -0.39 is 0 Å². The minimum absolute atomic E-state index is 0.151. The second kappa shape index (κ2) is 8.00. The summed E-state index contributed by atoms with van der Waals surface area (Å²) in [4.78, 5) is 15.9. The Bertz CT molecular complexity index is 848. The largest absolute Gasteiger partial charge is 0.487 e. The lowest BCUT2D eigenvalue weighted by atomic mass is 10.2. The molecule has 0 aliphatic heterocycles. The van der Waals surface area contributed by atoms with Crippen LogP contribution >= 0.6 is 23.2 Å². The smallest absolute Gasteiger partial charge is 0.251 e. The van der Waals surface area contributed by atoms with Crippen molar-refractivity contribution in [3.8, 4) is 5.75 Å². The summed E-state index contributed by atoms with van der Waals surface area (Å²) in [7, 11) is 0. The summed E-state index contributed by atoms with van der Waals surface area (Å²) < 4.78 is 10.8. The van der Waals surface area contributed by atoms with Gasteiger partial charge in [0.05, 0.1) is 6.54 Å². The highest BCUT2D eigenvalue weighted by molar-refractivity contribution is 6.33. The normalized spacial score (nSPS) is 10.5. The molecule has 2 heterocycles. The molecule has 6 nitrogen and oxygen atoms in total. The van der Waals surface area contributed by atoms with Gasteiger partial charge in [0, 0.05) is 11.6 Å². The lowest BCUT2D eigenvalue weighted by Crippen LogP contribution is -2.22. The Morgan fingerprint density at radius 1 is 1.12 bits per heavy atom. The number of nitrogens with one attached hydrogen (secondary N) is 1. The lowest BCUT2D eigenvalue weighted by Gasteiger charge is -2.03. The van der Waals surface area contributed by atoms with E-state index in [-0.39, 0.29) is 29.4 Å². The van der Waals surface area contributed by atoms with Gasteiger partial charge in [-0.05, 0) is 24.3 Å². The molecule has 0 saturated heterocycles. The number of benzene rings is 1. The molecule has 0 radical (unpaired) electrons. The van der Waals surface area contributed by atoms with Crippen LogP contribution in [0.2, 0.25) is 10.3 Å². The fourth-order valence-electron chi connectivity index (χ4n) is 2.05. The number of para-hydroxylation sites is 1.